The van der Waals surface area contributed by atoms with Crippen molar-refractivity contribution in [3.8, 4) is 0 Å². The molecule has 0 aromatic carbocycles. The minimum Gasteiger partial charge on any atom is -1.00 e. The van der Waals surface area contributed by atoms with Gasteiger partial charge in [-0.05, 0) is 27.7 Å². The number of hydrogen-bond donors (Lipinski definition) is 0. The fourth-order valence-electron chi connectivity index (χ4n) is 1.34. The molecule has 0 aromatic heterocycles. The summed E-state index contributed by atoms with van der Waals surface area (Å²) in [6, 6.07) is 0. The maximum atomic E-state index is 2.27. The van der Waals surface area contributed by atoms with E-state index < -0.39 is 0 Å². The summed E-state index contributed by atoms with van der Waals surface area (Å²) in [5.74, 6) is 0. The second-order valence-corrected chi connectivity index (χ2v) is 2.61. The highest BCUT2D eigenvalue weighted by Crippen LogP contribution is 2.03. The molecule has 0 fully saturated rings. The van der Waals surface area contributed by atoms with Gasteiger partial charge in [-0.3, -0.25) is 0 Å². The van der Waals surface area contributed by atoms with Crippen LogP contribution in [0, 0.1) is 0 Å². The molecule has 0 unspecified atom stereocenters. The van der Waals surface area contributed by atoms with Crippen LogP contribution < -0.4 is 0 Å². The predicted octanol–water partition coefficient (Wildman–Crippen LogP) is 1.50. The lowest BCUT2D eigenvalue weighted by Gasteiger charge is -2.34. The number of rotatable bonds is 4. The zero-order chi connectivity index (χ0) is 7.33. The van der Waals surface area contributed by atoms with Crippen molar-refractivity contribution in [1.29, 1.82) is 0 Å². The Labute approximate surface area is 67.6 Å². The van der Waals surface area contributed by atoms with E-state index in [4.69, 9.17) is 0 Å². The molecule has 0 aliphatic rings. The van der Waals surface area contributed by atoms with Crippen molar-refractivity contribution in [3.63, 3.8) is 0 Å². The SMILES string of the molecule is CC[N+](CC)(CC)CC.[B-]. The first-order valence-corrected chi connectivity index (χ1v) is 4.09. The van der Waals surface area contributed by atoms with Crippen molar-refractivity contribution in [2.45, 2.75) is 27.7 Å². The van der Waals surface area contributed by atoms with Gasteiger partial charge < -0.3 is 12.9 Å². The summed E-state index contributed by atoms with van der Waals surface area (Å²) in [5, 5.41) is 0. The second kappa shape index (κ2) is 5.78. The number of nitrogens with zero attached hydrogens (tertiary/aromatic N) is 1. The van der Waals surface area contributed by atoms with Gasteiger partial charge in [-0.15, -0.1) is 0 Å². The van der Waals surface area contributed by atoms with E-state index in [0.717, 1.165) is 0 Å². The summed E-state index contributed by atoms with van der Waals surface area (Å²) in [5.41, 5.74) is 0. The van der Waals surface area contributed by atoms with Gasteiger partial charge in [-0.2, -0.15) is 0 Å². The van der Waals surface area contributed by atoms with Crippen LogP contribution in [0.4, 0.5) is 0 Å². The molecule has 0 saturated heterocycles. The molecule has 10 heavy (non-hydrogen) atoms. The van der Waals surface area contributed by atoms with Crippen LogP contribution in [-0.2, 0) is 0 Å². The van der Waals surface area contributed by atoms with Crippen LogP contribution in [0.25, 0.3) is 0 Å². The molecule has 0 N–H and O–H groups in total. The van der Waals surface area contributed by atoms with Crippen molar-refractivity contribution in [2.24, 2.45) is 0 Å². The van der Waals surface area contributed by atoms with Gasteiger partial charge >= 0.3 is 0 Å². The third-order valence-electron chi connectivity index (χ3n) is 2.68. The molecule has 60 valence electrons. The average Bonchev–Trinajstić information content (AvgIpc) is 1.95. The van der Waals surface area contributed by atoms with Gasteiger partial charge in [0.15, 0.2) is 0 Å². The monoisotopic (exact) mass is 141 g/mol. The molecule has 0 spiro atoms. The Hall–Kier alpha value is 0.0249. The number of quaternary nitrogens is 1. The van der Waals surface area contributed by atoms with E-state index in [2.05, 4.69) is 27.7 Å². The van der Waals surface area contributed by atoms with Crippen LogP contribution >= 0.6 is 0 Å². The van der Waals surface area contributed by atoms with Gasteiger partial charge in [-0.25, -0.2) is 0 Å². The van der Waals surface area contributed by atoms with E-state index in [1.165, 1.54) is 30.7 Å². The van der Waals surface area contributed by atoms with Crippen molar-refractivity contribution < 1.29 is 4.48 Å². The normalized spacial score (nSPS) is 10.8. The summed E-state index contributed by atoms with van der Waals surface area (Å²) < 4.78 is 1.28. The van der Waals surface area contributed by atoms with Crippen LogP contribution in [0.1, 0.15) is 27.7 Å². The molecular formula is C8H20BN. The van der Waals surface area contributed by atoms with Gasteiger partial charge in [0.25, 0.3) is 0 Å². The standard InChI is InChI=1S/C8H20N.B/c1-5-9(6-2,7-3)8-4;/h5-8H2,1-4H3;/q+1;-1. The quantitative estimate of drug-likeness (QED) is 0.411. The van der Waals surface area contributed by atoms with E-state index in [0.29, 0.717) is 0 Å². The Kier molecular flexibility index (Phi) is 7.33. The third-order valence-corrected chi connectivity index (χ3v) is 2.68. The Morgan fingerprint density at radius 1 is 0.700 bits per heavy atom. The molecule has 0 heterocycles. The first-order chi connectivity index (χ1) is 4.24. The Morgan fingerprint density at radius 2 is 0.900 bits per heavy atom. The third kappa shape index (κ3) is 2.74. The lowest BCUT2D eigenvalue weighted by molar-refractivity contribution is -0.921. The summed E-state index contributed by atoms with van der Waals surface area (Å²) in [4.78, 5) is 0. The lowest BCUT2D eigenvalue weighted by atomic mass is 10.3. The van der Waals surface area contributed by atoms with Gasteiger partial charge in [0.05, 0.1) is 26.2 Å². The Balaban J connectivity index is 0. The zero-order valence-electron chi connectivity index (χ0n) is 7.85. The van der Waals surface area contributed by atoms with Gasteiger partial charge in [0.2, 0.25) is 0 Å². The molecule has 4 radical (unpaired) electrons. The van der Waals surface area contributed by atoms with Crippen LogP contribution in [0.3, 0.4) is 0 Å². The van der Waals surface area contributed by atoms with Crippen LogP contribution in [0.15, 0.2) is 0 Å². The topological polar surface area (TPSA) is 0 Å². The molecule has 0 bridgehead atoms. The zero-order valence-corrected chi connectivity index (χ0v) is 7.85. The van der Waals surface area contributed by atoms with Crippen molar-refractivity contribution >= 4 is 8.41 Å². The summed E-state index contributed by atoms with van der Waals surface area (Å²) in [6.07, 6.45) is 0. The lowest BCUT2D eigenvalue weighted by Crippen LogP contribution is -2.47. The van der Waals surface area contributed by atoms with Crippen LogP contribution in [-0.4, -0.2) is 39.1 Å². The van der Waals surface area contributed by atoms with E-state index >= 15 is 0 Å². The van der Waals surface area contributed by atoms with Gasteiger partial charge in [-0.1, -0.05) is 0 Å². The molecule has 2 heteroatoms. The second-order valence-electron chi connectivity index (χ2n) is 2.61. The predicted molar refractivity (Wildman–Crippen MR) is 48.2 cm³/mol. The van der Waals surface area contributed by atoms with E-state index in [1.807, 2.05) is 0 Å². The minimum atomic E-state index is 0. The van der Waals surface area contributed by atoms with Crippen LogP contribution in [0.2, 0.25) is 0 Å². The largest absolute Gasteiger partial charge is 1.00 e. The highest BCUT2D eigenvalue weighted by atomic mass is 15.3. The molecule has 0 atom stereocenters. The van der Waals surface area contributed by atoms with Crippen molar-refractivity contribution in [3.05, 3.63) is 0 Å². The van der Waals surface area contributed by atoms with Crippen LogP contribution in [0.5, 0.6) is 0 Å². The van der Waals surface area contributed by atoms with Gasteiger partial charge in [0.1, 0.15) is 0 Å². The van der Waals surface area contributed by atoms with Crippen molar-refractivity contribution in [1.82, 2.24) is 0 Å². The molecule has 0 aliphatic carbocycles. The fourth-order valence-corrected chi connectivity index (χ4v) is 1.34. The fraction of sp³-hybridized carbons (Fsp3) is 1.00. The van der Waals surface area contributed by atoms with E-state index in [1.54, 1.807) is 0 Å². The summed E-state index contributed by atoms with van der Waals surface area (Å²) in [6.45, 7) is 14.2. The summed E-state index contributed by atoms with van der Waals surface area (Å²) in [7, 11) is 0. The summed E-state index contributed by atoms with van der Waals surface area (Å²) >= 11 is 0. The first-order valence-electron chi connectivity index (χ1n) is 4.09. The molecule has 0 saturated carbocycles. The highest BCUT2D eigenvalue weighted by Gasteiger charge is 2.16. The maximum absolute atomic E-state index is 2.27. The van der Waals surface area contributed by atoms with Gasteiger partial charge in [0, 0.05) is 0 Å². The van der Waals surface area contributed by atoms with Crippen molar-refractivity contribution in [2.75, 3.05) is 26.2 Å². The Bertz CT molecular complexity index is 52.1. The highest BCUT2D eigenvalue weighted by molar-refractivity contribution is 5.75. The molecule has 0 aliphatic heterocycles. The molecule has 1 nitrogen and oxygen atoms in total. The molecular weight excluding hydrogens is 121 g/mol. The molecule has 0 amide bonds. The maximum Gasteiger partial charge on any atom is 0.0757 e. The van der Waals surface area contributed by atoms with E-state index in [9.17, 15) is 0 Å². The minimum absolute atomic E-state index is 0. The van der Waals surface area contributed by atoms with E-state index in [-0.39, 0.29) is 8.41 Å². The first kappa shape index (κ1) is 12.7. The number of hydrogen-bond acceptors (Lipinski definition) is 0. The average molecular weight is 141 g/mol. The Morgan fingerprint density at radius 3 is 0.900 bits per heavy atom. The molecule has 0 aromatic rings. The smallest absolute Gasteiger partial charge is 0.0757 e. The molecule has 0 rings (SSSR count).